The fraction of sp³-hybridized carbons (Fsp3) is 0.818. The van der Waals surface area contributed by atoms with Gasteiger partial charge in [-0.2, -0.15) is 9.05 Å². The minimum absolute atomic E-state index is 0.0389. The van der Waals surface area contributed by atoms with Gasteiger partial charge < -0.3 is 4.89 Å². The lowest BCUT2D eigenvalue weighted by Crippen LogP contribution is -2.52. The smallest absolute Gasteiger partial charge is 0.327 e. The van der Waals surface area contributed by atoms with Crippen LogP contribution in [-0.2, 0) is 20.0 Å². The maximum atomic E-state index is 12.7. The first-order valence-corrected chi connectivity index (χ1v) is 8.86. The van der Waals surface area contributed by atoms with Crippen molar-refractivity contribution in [3.63, 3.8) is 0 Å². The van der Waals surface area contributed by atoms with Gasteiger partial charge in [0.15, 0.2) is 0 Å². The van der Waals surface area contributed by atoms with E-state index < -0.39 is 19.1 Å². The lowest BCUT2D eigenvalue weighted by Gasteiger charge is -2.47. The molecule has 3 aliphatic heterocycles. The van der Waals surface area contributed by atoms with Crippen molar-refractivity contribution in [2.45, 2.75) is 38.0 Å². The average Bonchev–Trinajstić information content (AvgIpc) is 2.35. The molecule has 102 valence electrons. The van der Waals surface area contributed by atoms with Crippen molar-refractivity contribution < 1.29 is 18.1 Å². The van der Waals surface area contributed by atoms with Crippen molar-refractivity contribution in [3.05, 3.63) is 12.2 Å². The van der Waals surface area contributed by atoms with Crippen molar-refractivity contribution in [1.82, 2.24) is 4.08 Å². The highest BCUT2D eigenvalue weighted by atomic mass is 32.2. The molecule has 7 heteroatoms. The predicted molar refractivity (Wildman–Crippen MR) is 68.5 cm³/mol. The van der Waals surface area contributed by atoms with Gasteiger partial charge in [-0.15, -0.1) is 0 Å². The third kappa shape index (κ3) is 2.09. The highest BCUT2D eigenvalue weighted by Crippen LogP contribution is 2.64. The molecule has 2 fully saturated rings. The molecule has 2 bridgehead atoms. The number of nitrogens with zero attached hydrogens (tertiary/aromatic N) is 1. The number of rotatable bonds is 1. The fourth-order valence-corrected chi connectivity index (χ4v) is 6.99. The Morgan fingerprint density at radius 2 is 2.00 bits per heavy atom. The molecule has 5 nitrogen and oxygen atoms in total. The second kappa shape index (κ2) is 4.33. The van der Waals surface area contributed by atoms with Gasteiger partial charge in [0.1, 0.15) is 24.2 Å². The first-order chi connectivity index (χ1) is 8.41. The molecule has 18 heavy (non-hydrogen) atoms. The van der Waals surface area contributed by atoms with E-state index in [-0.39, 0.29) is 16.7 Å². The molecule has 0 aromatic rings. The van der Waals surface area contributed by atoms with Crippen LogP contribution < -0.4 is 4.89 Å². The third-order valence-electron chi connectivity index (χ3n) is 3.50. The van der Waals surface area contributed by atoms with Crippen LogP contribution in [0.2, 0.25) is 0 Å². The SMILES string of the molecule is CC1(C)CO[P+]([O-])(N2[C@H]3C=C[C@H](CC3)S2=O)OC1. The van der Waals surface area contributed by atoms with E-state index in [0.29, 0.717) is 13.2 Å². The molecular formula is C11H18NO4PS. The summed E-state index contributed by atoms with van der Waals surface area (Å²) in [5.41, 5.74) is -0.139. The first-order valence-electron chi connectivity index (χ1n) is 6.19. The minimum Gasteiger partial charge on any atom is -0.615 e. The summed E-state index contributed by atoms with van der Waals surface area (Å²) in [6.07, 6.45) is 5.69. The average molecular weight is 291 g/mol. The lowest BCUT2D eigenvalue weighted by atomic mass is 9.97. The summed E-state index contributed by atoms with van der Waals surface area (Å²) in [5, 5.41) is -0.0389. The Labute approximate surface area is 110 Å². The standard InChI is InChI=1S/C11H18NO4PS/c1-11(2)7-15-17(13,16-8-11)12-9-3-5-10(6-4-9)18(12)14/h3,5,9-10H,4,6-8H2,1-2H3/t9-,10+,18?/m0/s1. The van der Waals surface area contributed by atoms with Crippen LogP contribution in [0.3, 0.4) is 0 Å². The number of hydrogen-bond donors (Lipinski definition) is 0. The molecule has 2 saturated heterocycles. The second-order valence-corrected chi connectivity index (χ2v) is 9.53. The van der Waals surface area contributed by atoms with E-state index in [2.05, 4.69) is 0 Å². The Morgan fingerprint density at radius 3 is 2.50 bits per heavy atom. The van der Waals surface area contributed by atoms with Gasteiger partial charge in [-0.25, -0.2) is 4.21 Å². The van der Waals surface area contributed by atoms with Gasteiger partial charge in [0.25, 0.3) is 0 Å². The summed E-state index contributed by atoms with van der Waals surface area (Å²) in [6.45, 7) is 4.74. The van der Waals surface area contributed by atoms with Crippen LogP contribution in [-0.4, -0.2) is 32.8 Å². The van der Waals surface area contributed by atoms with Gasteiger partial charge in [0.05, 0.1) is 11.3 Å². The van der Waals surface area contributed by atoms with Crippen molar-refractivity contribution >= 4 is 19.1 Å². The quantitative estimate of drug-likeness (QED) is 0.537. The monoisotopic (exact) mass is 291 g/mol. The van der Waals surface area contributed by atoms with Crippen LogP contribution in [0.25, 0.3) is 0 Å². The van der Waals surface area contributed by atoms with Crippen LogP contribution in [0.5, 0.6) is 0 Å². The normalized spacial score (nSPS) is 42.1. The van der Waals surface area contributed by atoms with Gasteiger partial charge in [0, 0.05) is 5.41 Å². The third-order valence-corrected chi connectivity index (χ3v) is 7.82. The summed E-state index contributed by atoms with van der Waals surface area (Å²) in [6, 6.07) is -0.0807. The second-order valence-electron chi connectivity index (χ2n) is 5.83. The molecule has 0 radical (unpaired) electrons. The van der Waals surface area contributed by atoms with Crippen LogP contribution in [0.1, 0.15) is 26.7 Å². The Morgan fingerprint density at radius 1 is 1.33 bits per heavy atom. The zero-order valence-electron chi connectivity index (χ0n) is 10.6. The molecule has 3 heterocycles. The summed E-state index contributed by atoms with van der Waals surface area (Å²) < 4.78 is 24.7. The van der Waals surface area contributed by atoms with Gasteiger partial charge in [0.2, 0.25) is 0 Å². The summed E-state index contributed by atoms with van der Waals surface area (Å²) in [5.74, 6) is 0. The molecule has 1 unspecified atom stereocenters. The zero-order chi connectivity index (χ0) is 13.0. The Kier molecular flexibility index (Phi) is 3.17. The molecule has 0 aromatic heterocycles. The minimum atomic E-state index is -3.39. The van der Waals surface area contributed by atoms with Gasteiger partial charge in [-0.3, -0.25) is 0 Å². The van der Waals surface area contributed by atoms with E-state index >= 15 is 0 Å². The maximum absolute atomic E-state index is 12.7. The van der Waals surface area contributed by atoms with Crippen LogP contribution in [0.4, 0.5) is 0 Å². The molecule has 0 aromatic carbocycles. The molecule has 0 saturated carbocycles. The molecular weight excluding hydrogens is 273 g/mol. The van der Waals surface area contributed by atoms with E-state index in [1.54, 1.807) is 0 Å². The van der Waals surface area contributed by atoms with E-state index in [4.69, 9.17) is 9.05 Å². The van der Waals surface area contributed by atoms with Gasteiger partial charge >= 0.3 is 8.09 Å². The topological polar surface area (TPSA) is 61.8 Å². The Balaban J connectivity index is 1.83. The number of hydrogen-bond acceptors (Lipinski definition) is 4. The highest BCUT2D eigenvalue weighted by molar-refractivity contribution is 7.90. The maximum Gasteiger partial charge on any atom is 0.327 e. The zero-order valence-corrected chi connectivity index (χ0v) is 12.3. The van der Waals surface area contributed by atoms with Crippen molar-refractivity contribution in [3.8, 4) is 0 Å². The fourth-order valence-electron chi connectivity index (χ4n) is 2.39. The molecule has 0 N–H and O–H groups in total. The van der Waals surface area contributed by atoms with E-state index in [9.17, 15) is 9.10 Å². The van der Waals surface area contributed by atoms with Crippen molar-refractivity contribution in [2.24, 2.45) is 5.41 Å². The van der Waals surface area contributed by atoms with Crippen molar-refractivity contribution in [2.75, 3.05) is 13.2 Å². The molecule has 0 amide bonds. The molecule has 4 rings (SSSR count). The van der Waals surface area contributed by atoms with E-state index in [1.165, 1.54) is 4.08 Å². The summed E-state index contributed by atoms with van der Waals surface area (Å²) >= 11 is 0. The van der Waals surface area contributed by atoms with E-state index in [0.717, 1.165) is 12.8 Å². The Bertz CT molecular complexity index is 404. The first kappa shape index (κ1) is 13.2. The summed E-state index contributed by atoms with van der Waals surface area (Å²) in [7, 11) is -4.68. The lowest BCUT2D eigenvalue weighted by molar-refractivity contribution is -0.245. The highest BCUT2D eigenvalue weighted by Gasteiger charge is 2.55. The molecule has 4 aliphatic rings. The van der Waals surface area contributed by atoms with Crippen LogP contribution >= 0.6 is 8.09 Å². The Hall–Kier alpha value is 0.160. The number of fused-ring (bicyclic) bond motifs is 2. The van der Waals surface area contributed by atoms with E-state index in [1.807, 2.05) is 26.0 Å². The molecule has 1 aliphatic carbocycles. The van der Waals surface area contributed by atoms with Crippen LogP contribution in [0.15, 0.2) is 12.2 Å². The van der Waals surface area contributed by atoms with Gasteiger partial charge in [-0.1, -0.05) is 26.0 Å². The summed E-state index contributed by atoms with van der Waals surface area (Å²) in [4.78, 5) is 12.7. The molecule has 0 spiro atoms. The van der Waals surface area contributed by atoms with Crippen molar-refractivity contribution in [1.29, 1.82) is 0 Å². The molecule has 3 atom stereocenters. The largest absolute Gasteiger partial charge is 0.615 e. The van der Waals surface area contributed by atoms with Crippen LogP contribution in [0, 0.1) is 5.41 Å². The predicted octanol–water partition coefficient (Wildman–Crippen LogP) is 1.16. The van der Waals surface area contributed by atoms with Gasteiger partial charge in [-0.05, 0) is 16.9 Å².